The van der Waals surface area contributed by atoms with E-state index in [1.165, 1.54) is 0 Å². The van der Waals surface area contributed by atoms with Crippen molar-refractivity contribution in [1.29, 1.82) is 0 Å². The Morgan fingerprint density at radius 3 is 2.54 bits per heavy atom. The smallest absolute Gasteiger partial charge is 0.261 e. The first-order valence-electron chi connectivity index (χ1n) is 8.74. The summed E-state index contributed by atoms with van der Waals surface area (Å²) in [6, 6.07) is 14.4. The summed E-state index contributed by atoms with van der Waals surface area (Å²) in [4.78, 5) is 31.3. The zero-order valence-electron chi connectivity index (χ0n) is 15.0. The normalized spacial score (nSPS) is 13.9. The second kappa shape index (κ2) is 7.89. The molecule has 0 bridgehead atoms. The van der Waals surface area contributed by atoms with Gasteiger partial charge in [0.15, 0.2) is 0 Å². The maximum absolute atomic E-state index is 13.0. The molecule has 5 nitrogen and oxygen atoms in total. The Balaban J connectivity index is 1.97. The van der Waals surface area contributed by atoms with Crippen LogP contribution >= 0.6 is 11.6 Å². The summed E-state index contributed by atoms with van der Waals surface area (Å²) in [6.07, 6.45) is 0. The minimum absolute atomic E-state index is 0.0271. The molecule has 0 aliphatic carbocycles. The number of benzene rings is 2. The van der Waals surface area contributed by atoms with Gasteiger partial charge < -0.3 is 0 Å². The number of hydrogen-bond acceptors (Lipinski definition) is 3. The van der Waals surface area contributed by atoms with Gasteiger partial charge in [0.05, 0.1) is 17.8 Å². The van der Waals surface area contributed by atoms with E-state index in [0.717, 1.165) is 13.1 Å². The van der Waals surface area contributed by atoms with Crippen LogP contribution in [0.5, 0.6) is 0 Å². The lowest BCUT2D eigenvalue weighted by molar-refractivity contribution is -0.119. The SMILES string of the molecule is CCN(CC)CC(=O)N1CN(c2cccc(Cl)c2)C(=O)c2ccccc21. The molecule has 6 heteroatoms. The Morgan fingerprint density at radius 2 is 1.85 bits per heavy atom. The molecule has 0 aromatic heterocycles. The Hall–Kier alpha value is -2.37. The van der Waals surface area contributed by atoms with E-state index in [4.69, 9.17) is 11.6 Å². The van der Waals surface area contributed by atoms with E-state index in [0.29, 0.717) is 28.5 Å². The molecular formula is C20H22ClN3O2. The number of carbonyl (C=O) groups excluding carboxylic acids is 2. The number of anilines is 2. The summed E-state index contributed by atoms with van der Waals surface area (Å²) in [5.41, 5.74) is 1.86. The van der Waals surface area contributed by atoms with Crippen LogP contribution in [0.25, 0.3) is 0 Å². The standard InChI is InChI=1S/C20H22ClN3O2/c1-3-22(4-2)13-19(25)24-14-23(16-9-7-8-15(21)12-16)20(26)17-10-5-6-11-18(17)24/h5-12H,3-4,13-14H2,1-2H3. The molecular weight excluding hydrogens is 350 g/mol. The maximum Gasteiger partial charge on any atom is 0.261 e. The molecule has 0 saturated heterocycles. The molecule has 0 saturated carbocycles. The van der Waals surface area contributed by atoms with Gasteiger partial charge in [-0.2, -0.15) is 0 Å². The first-order valence-corrected chi connectivity index (χ1v) is 9.12. The molecule has 1 aliphatic heterocycles. The van der Waals surface area contributed by atoms with Crippen molar-refractivity contribution in [2.24, 2.45) is 0 Å². The number of hydrogen-bond donors (Lipinski definition) is 0. The highest BCUT2D eigenvalue weighted by Crippen LogP contribution is 2.31. The highest BCUT2D eigenvalue weighted by atomic mass is 35.5. The molecule has 0 atom stereocenters. The van der Waals surface area contributed by atoms with Crippen molar-refractivity contribution >= 4 is 34.8 Å². The number of likely N-dealkylation sites (N-methyl/N-ethyl adjacent to an activating group) is 1. The van der Waals surface area contributed by atoms with Crippen molar-refractivity contribution in [3.8, 4) is 0 Å². The lowest BCUT2D eigenvalue weighted by atomic mass is 10.1. The first-order chi connectivity index (χ1) is 12.5. The lowest BCUT2D eigenvalue weighted by Gasteiger charge is -2.37. The van der Waals surface area contributed by atoms with Crippen LogP contribution in [0.1, 0.15) is 24.2 Å². The summed E-state index contributed by atoms with van der Waals surface area (Å²) >= 11 is 6.09. The molecule has 0 N–H and O–H groups in total. The van der Waals surface area contributed by atoms with E-state index in [1.54, 1.807) is 34.1 Å². The van der Waals surface area contributed by atoms with Crippen LogP contribution in [0.2, 0.25) is 5.02 Å². The van der Waals surface area contributed by atoms with Crippen molar-refractivity contribution in [3.05, 3.63) is 59.1 Å². The highest BCUT2D eigenvalue weighted by Gasteiger charge is 2.33. The third-order valence-electron chi connectivity index (χ3n) is 4.63. The summed E-state index contributed by atoms with van der Waals surface area (Å²) in [5, 5.41) is 0.551. The Morgan fingerprint density at radius 1 is 1.12 bits per heavy atom. The number of rotatable bonds is 5. The van der Waals surface area contributed by atoms with Crippen LogP contribution in [0.3, 0.4) is 0 Å². The Labute approximate surface area is 158 Å². The summed E-state index contributed by atoms with van der Waals surface area (Å²) in [5.74, 6) is -0.157. The number of halogens is 1. The van der Waals surface area contributed by atoms with E-state index in [1.807, 2.05) is 38.1 Å². The quantitative estimate of drug-likeness (QED) is 0.806. The van der Waals surface area contributed by atoms with Gasteiger partial charge in [0, 0.05) is 10.7 Å². The Kier molecular flexibility index (Phi) is 5.59. The average Bonchev–Trinajstić information content (AvgIpc) is 2.66. The predicted molar refractivity (Wildman–Crippen MR) is 105 cm³/mol. The monoisotopic (exact) mass is 371 g/mol. The zero-order chi connectivity index (χ0) is 18.7. The molecule has 0 spiro atoms. The number of para-hydroxylation sites is 1. The number of nitrogens with zero attached hydrogens (tertiary/aromatic N) is 3. The molecule has 0 fully saturated rings. The van der Waals surface area contributed by atoms with Crippen LogP contribution in [-0.2, 0) is 4.79 Å². The molecule has 2 amide bonds. The van der Waals surface area contributed by atoms with Crippen molar-refractivity contribution in [2.45, 2.75) is 13.8 Å². The molecule has 2 aromatic rings. The van der Waals surface area contributed by atoms with E-state index < -0.39 is 0 Å². The van der Waals surface area contributed by atoms with Crippen LogP contribution in [0, 0.1) is 0 Å². The topological polar surface area (TPSA) is 43.9 Å². The van der Waals surface area contributed by atoms with Crippen LogP contribution < -0.4 is 9.80 Å². The van der Waals surface area contributed by atoms with E-state index in [9.17, 15) is 9.59 Å². The van der Waals surface area contributed by atoms with Crippen LogP contribution in [-0.4, -0.2) is 43.0 Å². The van der Waals surface area contributed by atoms with Gasteiger partial charge in [0.25, 0.3) is 5.91 Å². The van der Waals surface area contributed by atoms with Gasteiger partial charge in [0.1, 0.15) is 6.67 Å². The number of carbonyl (C=O) groups is 2. The molecule has 1 aliphatic rings. The van der Waals surface area contributed by atoms with E-state index in [2.05, 4.69) is 4.90 Å². The van der Waals surface area contributed by atoms with E-state index >= 15 is 0 Å². The summed E-state index contributed by atoms with van der Waals surface area (Å²) in [7, 11) is 0. The zero-order valence-corrected chi connectivity index (χ0v) is 15.7. The third-order valence-corrected chi connectivity index (χ3v) is 4.86. The fraction of sp³-hybridized carbons (Fsp3) is 0.300. The molecule has 26 heavy (non-hydrogen) atoms. The molecule has 136 valence electrons. The van der Waals surface area contributed by atoms with Crippen LogP contribution in [0.4, 0.5) is 11.4 Å². The fourth-order valence-electron chi connectivity index (χ4n) is 3.10. The minimum atomic E-state index is -0.130. The lowest BCUT2D eigenvalue weighted by Crippen LogP contribution is -2.52. The highest BCUT2D eigenvalue weighted by molar-refractivity contribution is 6.31. The summed E-state index contributed by atoms with van der Waals surface area (Å²) < 4.78 is 0. The molecule has 3 rings (SSSR count). The Bertz CT molecular complexity index is 820. The second-order valence-corrected chi connectivity index (χ2v) is 6.59. The van der Waals surface area contributed by atoms with Gasteiger partial charge >= 0.3 is 0 Å². The largest absolute Gasteiger partial charge is 0.295 e. The van der Waals surface area contributed by atoms with Gasteiger partial charge in [-0.25, -0.2) is 0 Å². The molecule has 2 aromatic carbocycles. The number of amides is 2. The summed E-state index contributed by atoms with van der Waals surface area (Å²) in [6.45, 7) is 6.16. The minimum Gasteiger partial charge on any atom is -0.295 e. The second-order valence-electron chi connectivity index (χ2n) is 6.15. The number of fused-ring (bicyclic) bond motifs is 1. The molecule has 1 heterocycles. The van der Waals surface area contributed by atoms with Crippen LogP contribution in [0.15, 0.2) is 48.5 Å². The van der Waals surface area contributed by atoms with Gasteiger partial charge in [-0.15, -0.1) is 0 Å². The van der Waals surface area contributed by atoms with Crippen molar-refractivity contribution in [3.63, 3.8) is 0 Å². The van der Waals surface area contributed by atoms with Crippen molar-refractivity contribution in [2.75, 3.05) is 36.1 Å². The molecule has 0 unspecified atom stereocenters. The third kappa shape index (κ3) is 3.59. The van der Waals surface area contributed by atoms with Gasteiger partial charge in [-0.1, -0.05) is 43.6 Å². The van der Waals surface area contributed by atoms with Crippen molar-refractivity contribution < 1.29 is 9.59 Å². The van der Waals surface area contributed by atoms with Gasteiger partial charge in [-0.05, 0) is 43.4 Å². The average molecular weight is 372 g/mol. The molecule has 0 radical (unpaired) electrons. The maximum atomic E-state index is 13.0. The van der Waals surface area contributed by atoms with Crippen molar-refractivity contribution in [1.82, 2.24) is 4.90 Å². The van der Waals surface area contributed by atoms with E-state index in [-0.39, 0.29) is 18.5 Å². The fourth-order valence-corrected chi connectivity index (χ4v) is 3.28. The predicted octanol–water partition coefficient (Wildman–Crippen LogP) is 3.63. The first kappa shape index (κ1) is 18.4. The van der Waals surface area contributed by atoms with Gasteiger partial charge in [0.2, 0.25) is 5.91 Å². The van der Waals surface area contributed by atoms with Gasteiger partial charge in [-0.3, -0.25) is 24.3 Å².